The number of imidazole rings is 1. The van der Waals surface area contributed by atoms with E-state index in [1.807, 2.05) is 11.5 Å². The summed E-state index contributed by atoms with van der Waals surface area (Å²) < 4.78 is 1.98. The number of carbonyl (C=O) groups is 1. The van der Waals surface area contributed by atoms with Crippen molar-refractivity contribution in [1.29, 1.82) is 0 Å². The van der Waals surface area contributed by atoms with Crippen LogP contribution >= 0.6 is 0 Å². The summed E-state index contributed by atoms with van der Waals surface area (Å²) in [6.45, 7) is 9.80. The van der Waals surface area contributed by atoms with Crippen molar-refractivity contribution >= 4 is 24.1 Å². The van der Waals surface area contributed by atoms with E-state index in [1.165, 1.54) is 0 Å². The summed E-state index contributed by atoms with van der Waals surface area (Å²) in [6, 6.07) is 0.305. The van der Waals surface area contributed by atoms with Crippen LogP contribution in [-0.2, 0) is 4.79 Å². The van der Waals surface area contributed by atoms with Crippen molar-refractivity contribution in [2.24, 2.45) is 4.99 Å². The molecular formula is C12H18N4O. The van der Waals surface area contributed by atoms with E-state index in [4.69, 9.17) is 0 Å². The molecule has 5 heteroatoms. The van der Waals surface area contributed by atoms with Gasteiger partial charge in [-0.25, -0.2) is 9.98 Å². The molecule has 0 fully saturated rings. The lowest BCUT2D eigenvalue weighted by atomic mass is 10.2. The number of amides is 1. The topological polar surface area (TPSA) is 59.3 Å². The Morgan fingerprint density at radius 2 is 2.47 bits per heavy atom. The molecule has 5 nitrogen and oxygen atoms in total. The van der Waals surface area contributed by atoms with Crippen LogP contribution in [0.5, 0.6) is 0 Å². The van der Waals surface area contributed by atoms with Gasteiger partial charge in [0.25, 0.3) is 0 Å². The van der Waals surface area contributed by atoms with Crippen LogP contribution in [0.3, 0.4) is 0 Å². The zero-order valence-corrected chi connectivity index (χ0v) is 10.5. The first-order chi connectivity index (χ1) is 8.15. The molecule has 0 saturated heterocycles. The molecule has 1 N–H and O–H groups in total. The normalized spacial score (nSPS) is 12.6. The van der Waals surface area contributed by atoms with Crippen molar-refractivity contribution in [1.82, 2.24) is 14.9 Å². The zero-order chi connectivity index (χ0) is 12.8. The van der Waals surface area contributed by atoms with Crippen LogP contribution in [-0.4, -0.2) is 22.2 Å². The minimum absolute atomic E-state index is 0.305. The Hall–Kier alpha value is -1.91. The number of carbonyl (C=O) groups excluding carboxylic acids is 1. The van der Waals surface area contributed by atoms with Crippen LogP contribution in [0.4, 0.5) is 5.82 Å². The first kappa shape index (κ1) is 13.2. The zero-order valence-electron chi connectivity index (χ0n) is 10.5. The number of nitrogens with one attached hydrogen (secondary N) is 1. The van der Waals surface area contributed by atoms with Gasteiger partial charge in [-0.3, -0.25) is 4.79 Å². The maximum Gasteiger partial charge on any atom is 0.211 e. The molecule has 0 aliphatic carbocycles. The molecule has 0 aliphatic heterocycles. The number of aliphatic imine (C=N–C) groups is 1. The molecule has 1 rings (SSSR count). The highest BCUT2D eigenvalue weighted by Crippen LogP contribution is 2.27. The third kappa shape index (κ3) is 2.81. The largest absolute Gasteiger partial charge is 0.327 e. The standard InChI is InChI=1S/C12H18N4O/c1-5-9(3)16-7-14-11(10(4)15-8-17)12(16)13-6-2/h6-9H,4-5H2,1-3H3,(H,15,17)/b13-6-. The monoisotopic (exact) mass is 234 g/mol. The molecule has 1 heterocycles. The third-order valence-electron chi connectivity index (χ3n) is 2.60. The predicted octanol–water partition coefficient (Wildman–Crippen LogP) is 2.29. The summed E-state index contributed by atoms with van der Waals surface area (Å²) in [6.07, 6.45) is 5.00. The fourth-order valence-electron chi connectivity index (χ4n) is 1.48. The summed E-state index contributed by atoms with van der Waals surface area (Å²) in [5.74, 6) is 0.723. The highest BCUT2D eigenvalue weighted by Gasteiger charge is 2.15. The van der Waals surface area contributed by atoms with E-state index in [9.17, 15) is 4.79 Å². The van der Waals surface area contributed by atoms with Crippen LogP contribution < -0.4 is 5.32 Å². The number of hydrogen-bond donors (Lipinski definition) is 1. The van der Waals surface area contributed by atoms with Gasteiger partial charge in [-0.15, -0.1) is 0 Å². The van der Waals surface area contributed by atoms with Crippen molar-refractivity contribution in [3.63, 3.8) is 0 Å². The molecule has 0 bridgehead atoms. The Kier molecular flexibility index (Phi) is 4.63. The fourth-order valence-corrected chi connectivity index (χ4v) is 1.48. The third-order valence-corrected chi connectivity index (χ3v) is 2.60. The van der Waals surface area contributed by atoms with Crippen molar-refractivity contribution in [3.8, 4) is 0 Å². The Balaban J connectivity index is 3.19. The summed E-state index contributed by atoms with van der Waals surface area (Å²) in [5, 5.41) is 2.51. The lowest BCUT2D eigenvalue weighted by Gasteiger charge is -2.12. The molecule has 0 aromatic carbocycles. The summed E-state index contributed by atoms with van der Waals surface area (Å²) in [5.41, 5.74) is 1.07. The van der Waals surface area contributed by atoms with E-state index >= 15 is 0 Å². The van der Waals surface area contributed by atoms with Crippen LogP contribution in [0.25, 0.3) is 5.70 Å². The molecule has 1 aromatic rings. The van der Waals surface area contributed by atoms with Crippen molar-refractivity contribution < 1.29 is 4.79 Å². The highest BCUT2D eigenvalue weighted by molar-refractivity contribution is 5.76. The molecule has 0 saturated carbocycles. The first-order valence-electron chi connectivity index (χ1n) is 5.60. The van der Waals surface area contributed by atoms with E-state index < -0.39 is 0 Å². The van der Waals surface area contributed by atoms with Gasteiger partial charge in [-0.2, -0.15) is 0 Å². The van der Waals surface area contributed by atoms with Crippen LogP contribution in [0.2, 0.25) is 0 Å². The molecule has 1 atom stereocenters. The summed E-state index contributed by atoms with van der Waals surface area (Å²) in [4.78, 5) is 19.0. The predicted molar refractivity (Wildman–Crippen MR) is 69.3 cm³/mol. The van der Waals surface area contributed by atoms with Crippen molar-refractivity contribution in [2.45, 2.75) is 33.2 Å². The second kappa shape index (κ2) is 5.98. The Bertz CT molecular complexity index is 434. The minimum Gasteiger partial charge on any atom is -0.327 e. The van der Waals surface area contributed by atoms with E-state index in [0.29, 0.717) is 23.8 Å². The molecule has 0 aliphatic rings. The quantitative estimate of drug-likeness (QED) is 0.606. The van der Waals surface area contributed by atoms with Crippen molar-refractivity contribution in [2.75, 3.05) is 0 Å². The van der Waals surface area contributed by atoms with Crippen LogP contribution in [0.1, 0.15) is 38.9 Å². The van der Waals surface area contributed by atoms with Gasteiger partial charge in [0.15, 0.2) is 5.82 Å². The van der Waals surface area contributed by atoms with Gasteiger partial charge < -0.3 is 9.88 Å². The molecule has 1 amide bonds. The molecular weight excluding hydrogens is 216 g/mol. The Morgan fingerprint density at radius 1 is 1.76 bits per heavy atom. The molecule has 92 valence electrons. The van der Waals surface area contributed by atoms with Gasteiger partial charge in [0.05, 0.1) is 12.0 Å². The minimum atomic E-state index is 0.305. The van der Waals surface area contributed by atoms with Gasteiger partial charge in [-0.1, -0.05) is 13.5 Å². The number of hydrogen-bond acceptors (Lipinski definition) is 3. The van der Waals surface area contributed by atoms with E-state index in [2.05, 4.69) is 35.7 Å². The molecule has 0 spiro atoms. The maximum absolute atomic E-state index is 10.4. The van der Waals surface area contributed by atoms with Gasteiger partial charge in [-0.05, 0) is 20.3 Å². The number of aromatic nitrogens is 2. The summed E-state index contributed by atoms with van der Waals surface area (Å²) >= 11 is 0. The van der Waals surface area contributed by atoms with Gasteiger partial charge in [0, 0.05) is 12.3 Å². The first-order valence-corrected chi connectivity index (χ1v) is 5.60. The van der Waals surface area contributed by atoms with E-state index in [0.717, 1.165) is 12.2 Å². The fraction of sp³-hybridized carbons (Fsp3) is 0.417. The SMILES string of the molecule is C=C(NC=O)c1ncn(C(C)CC)c1/N=C\C. The van der Waals surface area contributed by atoms with Crippen LogP contribution in [0.15, 0.2) is 17.9 Å². The van der Waals surface area contributed by atoms with E-state index in [-0.39, 0.29) is 0 Å². The van der Waals surface area contributed by atoms with Gasteiger partial charge in [0.1, 0.15) is 5.69 Å². The second-order valence-electron chi connectivity index (χ2n) is 3.71. The Morgan fingerprint density at radius 3 is 3.00 bits per heavy atom. The number of nitrogens with zero attached hydrogens (tertiary/aromatic N) is 3. The Labute approximate surface area is 101 Å². The lowest BCUT2D eigenvalue weighted by Crippen LogP contribution is -2.08. The van der Waals surface area contributed by atoms with E-state index in [1.54, 1.807) is 12.5 Å². The summed E-state index contributed by atoms with van der Waals surface area (Å²) in [7, 11) is 0. The second-order valence-corrected chi connectivity index (χ2v) is 3.71. The average Bonchev–Trinajstić information content (AvgIpc) is 2.73. The number of rotatable bonds is 6. The van der Waals surface area contributed by atoms with Gasteiger partial charge in [0.2, 0.25) is 6.41 Å². The smallest absolute Gasteiger partial charge is 0.211 e. The van der Waals surface area contributed by atoms with Crippen LogP contribution in [0, 0.1) is 0 Å². The molecule has 1 unspecified atom stereocenters. The highest BCUT2D eigenvalue weighted by atomic mass is 16.1. The maximum atomic E-state index is 10.4. The molecule has 1 aromatic heterocycles. The molecule has 0 radical (unpaired) electrons. The van der Waals surface area contributed by atoms with Crippen molar-refractivity contribution in [3.05, 3.63) is 18.6 Å². The van der Waals surface area contributed by atoms with Gasteiger partial charge >= 0.3 is 0 Å². The lowest BCUT2D eigenvalue weighted by molar-refractivity contribution is -0.108. The average molecular weight is 234 g/mol. The molecule has 17 heavy (non-hydrogen) atoms.